The Morgan fingerprint density at radius 3 is 2.67 bits per heavy atom. The van der Waals surface area contributed by atoms with Crippen LogP contribution in [0.4, 0.5) is 10.1 Å². The van der Waals surface area contributed by atoms with E-state index in [1.54, 1.807) is 37.3 Å². The van der Waals surface area contributed by atoms with Crippen LogP contribution in [0.15, 0.2) is 46.9 Å². The zero-order valence-electron chi connectivity index (χ0n) is 14.9. The normalized spacial score (nSPS) is 10.6. The summed E-state index contributed by atoms with van der Waals surface area (Å²) in [7, 11) is 0. The lowest BCUT2D eigenvalue weighted by atomic mass is 10.1. The quantitative estimate of drug-likeness (QED) is 0.661. The number of esters is 1. The number of benzene rings is 2. The van der Waals surface area contributed by atoms with Gasteiger partial charge in [-0.15, -0.1) is 0 Å². The number of carbonyl (C=O) groups excluding carboxylic acids is 2. The van der Waals surface area contributed by atoms with Crippen LogP contribution in [0.5, 0.6) is 5.75 Å². The predicted molar refractivity (Wildman–Crippen MR) is 97.4 cm³/mol. The van der Waals surface area contributed by atoms with Crippen molar-refractivity contribution in [2.45, 2.75) is 13.8 Å². The van der Waals surface area contributed by atoms with Gasteiger partial charge in [0.15, 0.2) is 18.0 Å². The fourth-order valence-electron chi connectivity index (χ4n) is 2.64. The van der Waals surface area contributed by atoms with Crippen LogP contribution in [-0.4, -0.2) is 25.1 Å². The summed E-state index contributed by atoms with van der Waals surface area (Å²) >= 11 is 0. The molecule has 0 aliphatic rings. The fourth-order valence-corrected chi connectivity index (χ4v) is 2.64. The van der Waals surface area contributed by atoms with Crippen LogP contribution in [0, 0.1) is 12.7 Å². The standard InChI is InChI=1S/C20H18FNO5/c1-3-25-16-10-5-4-9-15(16)22-17(23)11-26-20(24)18-12(2)13-7-6-8-14(21)19(13)27-18/h4-10H,3,11H2,1-2H3,(H,22,23). The van der Waals surface area contributed by atoms with Crippen LogP contribution in [0.3, 0.4) is 0 Å². The van der Waals surface area contributed by atoms with Gasteiger partial charge in [-0.1, -0.05) is 24.3 Å². The molecule has 7 heteroatoms. The van der Waals surface area contributed by atoms with Gasteiger partial charge < -0.3 is 19.2 Å². The van der Waals surface area contributed by atoms with E-state index in [2.05, 4.69) is 5.32 Å². The first kappa shape index (κ1) is 18.4. The lowest BCUT2D eigenvalue weighted by Gasteiger charge is -2.11. The second-order valence-corrected chi connectivity index (χ2v) is 5.73. The van der Waals surface area contributed by atoms with Crippen LogP contribution in [0.25, 0.3) is 11.0 Å². The molecule has 0 aliphatic heterocycles. The molecule has 0 spiro atoms. The summed E-state index contributed by atoms with van der Waals surface area (Å²) in [6, 6.07) is 11.3. The van der Waals surface area contributed by atoms with Crippen molar-refractivity contribution in [1.29, 1.82) is 0 Å². The molecule has 1 amide bonds. The van der Waals surface area contributed by atoms with E-state index in [1.807, 2.05) is 6.92 Å². The van der Waals surface area contributed by atoms with Gasteiger partial charge in [-0.2, -0.15) is 0 Å². The number of hydrogen-bond acceptors (Lipinski definition) is 5. The highest BCUT2D eigenvalue weighted by atomic mass is 19.1. The van der Waals surface area contributed by atoms with E-state index in [0.717, 1.165) is 0 Å². The van der Waals surface area contributed by atoms with Gasteiger partial charge in [-0.25, -0.2) is 9.18 Å². The number of carbonyl (C=O) groups is 2. The van der Waals surface area contributed by atoms with Crippen molar-refractivity contribution < 1.29 is 27.9 Å². The van der Waals surface area contributed by atoms with Crippen molar-refractivity contribution in [2.24, 2.45) is 0 Å². The minimum atomic E-state index is -0.837. The van der Waals surface area contributed by atoms with Crippen molar-refractivity contribution in [2.75, 3.05) is 18.5 Å². The number of para-hydroxylation sites is 3. The smallest absolute Gasteiger partial charge is 0.375 e. The maximum Gasteiger partial charge on any atom is 0.375 e. The zero-order valence-corrected chi connectivity index (χ0v) is 14.9. The molecular formula is C20H18FNO5. The third kappa shape index (κ3) is 3.92. The number of anilines is 1. The fraction of sp³-hybridized carbons (Fsp3) is 0.200. The van der Waals surface area contributed by atoms with Gasteiger partial charge in [0.1, 0.15) is 5.75 Å². The second-order valence-electron chi connectivity index (χ2n) is 5.73. The Hall–Kier alpha value is -3.35. The molecule has 0 bridgehead atoms. The molecule has 1 N–H and O–H groups in total. The Labute approximate surface area is 154 Å². The third-order valence-electron chi connectivity index (χ3n) is 3.90. The van der Waals surface area contributed by atoms with Crippen molar-refractivity contribution in [3.05, 3.63) is 59.6 Å². The summed E-state index contributed by atoms with van der Waals surface area (Å²) in [5.41, 5.74) is 0.913. The maximum absolute atomic E-state index is 13.8. The van der Waals surface area contributed by atoms with Gasteiger partial charge in [0.2, 0.25) is 5.76 Å². The van der Waals surface area contributed by atoms with E-state index < -0.39 is 24.3 Å². The molecule has 27 heavy (non-hydrogen) atoms. The lowest BCUT2D eigenvalue weighted by molar-refractivity contribution is -0.119. The van der Waals surface area contributed by atoms with Gasteiger partial charge in [-0.05, 0) is 32.0 Å². The van der Waals surface area contributed by atoms with Crippen molar-refractivity contribution >= 4 is 28.5 Å². The average Bonchev–Trinajstić information content (AvgIpc) is 3.00. The largest absolute Gasteiger partial charge is 0.492 e. The van der Waals surface area contributed by atoms with Crippen molar-refractivity contribution in [1.82, 2.24) is 0 Å². The number of aryl methyl sites for hydroxylation is 1. The summed E-state index contributed by atoms with van der Waals surface area (Å²) in [5, 5.41) is 3.10. The van der Waals surface area contributed by atoms with Gasteiger partial charge in [0, 0.05) is 10.9 Å². The SMILES string of the molecule is CCOc1ccccc1NC(=O)COC(=O)c1oc2c(F)cccc2c1C. The highest BCUT2D eigenvalue weighted by molar-refractivity contribution is 5.98. The molecular weight excluding hydrogens is 353 g/mol. The number of furan rings is 1. The van der Waals surface area contributed by atoms with Crippen molar-refractivity contribution in [3.63, 3.8) is 0 Å². The molecule has 0 aliphatic carbocycles. The first-order chi connectivity index (χ1) is 13.0. The maximum atomic E-state index is 13.8. The van der Waals surface area contributed by atoms with E-state index >= 15 is 0 Å². The molecule has 0 unspecified atom stereocenters. The van der Waals surface area contributed by atoms with E-state index in [1.165, 1.54) is 12.1 Å². The predicted octanol–water partition coefficient (Wildman–Crippen LogP) is 4.07. The molecule has 0 saturated heterocycles. The summed E-state index contributed by atoms with van der Waals surface area (Å²) in [6.07, 6.45) is 0. The molecule has 140 valence electrons. The average molecular weight is 371 g/mol. The van der Waals surface area contributed by atoms with Crippen LogP contribution in [0.2, 0.25) is 0 Å². The van der Waals surface area contributed by atoms with Crippen LogP contribution in [-0.2, 0) is 9.53 Å². The minimum Gasteiger partial charge on any atom is -0.492 e. The molecule has 0 saturated carbocycles. The van der Waals surface area contributed by atoms with E-state index in [-0.39, 0.29) is 11.3 Å². The number of amides is 1. The number of rotatable bonds is 6. The molecule has 0 atom stereocenters. The minimum absolute atomic E-state index is 0.0166. The lowest BCUT2D eigenvalue weighted by Crippen LogP contribution is -2.21. The third-order valence-corrected chi connectivity index (χ3v) is 3.90. The molecule has 0 radical (unpaired) electrons. The highest BCUT2D eigenvalue weighted by Crippen LogP contribution is 2.28. The first-order valence-electron chi connectivity index (χ1n) is 8.37. The molecule has 1 aromatic heterocycles. The number of ether oxygens (including phenoxy) is 2. The van der Waals surface area contributed by atoms with Gasteiger partial charge in [0.25, 0.3) is 5.91 Å². The molecule has 2 aromatic carbocycles. The monoisotopic (exact) mass is 371 g/mol. The Morgan fingerprint density at radius 2 is 1.93 bits per heavy atom. The summed E-state index contributed by atoms with van der Waals surface area (Å²) in [5.74, 6) is -1.55. The molecule has 6 nitrogen and oxygen atoms in total. The van der Waals surface area contributed by atoms with Crippen LogP contribution in [0.1, 0.15) is 23.0 Å². The molecule has 3 rings (SSSR count). The van der Waals surface area contributed by atoms with Gasteiger partial charge >= 0.3 is 5.97 Å². The van der Waals surface area contributed by atoms with Crippen LogP contribution < -0.4 is 10.1 Å². The van der Waals surface area contributed by atoms with E-state index in [4.69, 9.17) is 13.9 Å². The summed E-state index contributed by atoms with van der Waals surface area (Å²) in [6.45, 7) is 3.39. The molecule has 1 heterocycles. The van der Waals surface area contributed by atoms with Crippen LogP contribution >= 0.6 is 0 Å². The first-order valence-corrected chi connectivity index (χ1v) is 8.37. The molecule has 0 fully saturated rings. The van der Waals surface area contributed by atoms with E-state index in [0.29, 0.717) is 29.0 Å². The Bertz CT molecular complexity index is 995. The number of hydrogen-bond donors (Lipinski definition) is 1. The topological polar surface area (TPSA) is 77.8 Å². The van der Waals surface area contributed by atoms with E-state index in [9.17, 15) is 14.0 Å². The Morgan fingerprint density at radius 1 is 1.15 bits per heavy atom. The zero-order chi connectivity index (χ0) is 19.4. The summed E-state index contributed by atoms with van der Waals surface area (Å²) < 4.78 is 29.5. The van der Waals surface area contributed by atoms with Gasteiger partial charge in [0.05, 0.1) is 12.3 Å². The van der Waals surface area contributed by atoms with Gasteiger partial charge in [-0.3, -0.25) is 4.79 Å². The Balaban J connectivity index is 1.67. The number of fused-ring (bicyclic) bond motifs is 1. The number of halogens is 1. The highest BCUT2D eigenvalue weighted by Gasteiger charge is 2.21. The Kier molecular flexibility index (Phi) is 5.40. The molecule has 3 aromatic rings. The second kappa shape index (κ2) is 7.90. The summed E-state index contributed by atoms with van der Waals surface area (Å²) in [4.78, 5) is 24.3. The number of nitrogens with one attached hydrogen (secondary N) is 1. The van der Waals surface area contributed by atoms with Crippen molar-refractivity contribution in [3.8, 4) is 5.75 Å².